The molecule has 1 aromatic carbocycles. The van der Waals surface area contributed by atoms with Crippen molar-refractivity contribution in [3.8, 4) is 0 Å². The molecule has 6 nitrogen and oxygen atoms in total. The van der Waals surface area contributed by atoms with E-state index >= 15 is 0 Å². The minimum atomic E-state index is 0.497. The van der Waals surface area contributed by atoms with E-state index in [0.29, 0.717) is 15.9 Å². The third kappa shape index (κ3) is 2.96. The highest BCUT2D eigenvalue weighted by Crippen LogP contribution is 2.22. The minimum absolute atomic E-state index is 0.497. The molecule has 2 heterocycles. The van der Waals surface area contributed by atoms with Crippen molar-refractivity contribution in [3.05, 3.63) is 52.3 Å². The van der Waals surface area contributed by atoms with E-state index in [4.69, 9.17) is 23.2 Å². The average molecular weight is 322 g/mol. The first-order valence-electron chi connectivity index (χ1n) is 6.12. The summed E-state index contributed by atoms with van der Waals surface area (Å²) in [5.41, 5.74) is 5.28. The van der Waals surface area contributed by atoms with Crippen LogP contribution in [0.25, 0.3) is 5.65 Å². The SMILES string of the molecule is CC(=NNc1ccc2n[nH]c[n+]2n1)c1ccc(Cl)c(Cl)c1. The molecule has 0 aliphatic heterocycles. The van der Waals surface area contributed by atoms with Crippen LogP contribution in [0.5, 0.6) is 0 Å². The van der Waals surface area contributed by atoms with E-state index in [1.165, 1.54) is 0 Å². The van der Waals surface area contributed by atoms with Gasteiger partial charge in [0.2, 0.25) is 6.33 Å². The van der Waals surface area contributed by atoms with Crippen molar-refractivity contribution in [2.75, 3.05) is 5.43 Å². The number of benzene rings is 1. The lowest BCUT2D eigenvalue weighted by Gasteiger charge is -2.03. The van der Waals surface area contributed by atoms with Gasteiger partial charge in [-0.3, -0.25) is 5.43 Å². The van der Waals surface area contributed by atoms with Gasteiger partial charge in [-0.25, -0.2) is 0 Å². The quantitative estimate of drug-likeness (QED) is 0.442. The molecule has 21 heavy (non-hydrogen) atoms. The maximum atomic E-state index is 5.99. The van der Waals surface area contributed by atoms with Gasteiger partial charge in [-0.05, 0) is 30.7 Å². The number of aromatic nitrogens is 4. The lowest BCUT2D eigenvalue weighted by molar-refractivity contribution is -0.579. The van der Waals surface area contributed by atoms with Gasteiger partial charge in [0.25, 0.3) is 0 Å². The predicted molar refractivity (Wildman–Crippen MR) is 81.8 cm³/mol. The minimum Gasteiger partial charge on any atom is -0.259 e. The lowest BCUT2D eigenvalue weighted by Crippen LogP contribution is -2.24. The van der Waals surface area contributed by atoms with Crippen LogP contribution in [0.3, 0.4) is 0 Å². The number of nitrogens with zero attached hydrogens (tertiary/aromatic N) is 4. The van der Waals surface area contributed by atoms with E-state index < -0.39 is 0 Å². The second-order valence-corrected chi connectivity index (χ2v) is 5.14. The van der Waals surface area contributed by atoms with Crippen LogP contribution < -0.4 is 9.94 Å². The fourth-order valence-electron chi connectivity index (χ4n) is 1.75. The number of aromatic amines is 1. The van der Waals surface area contributed by atoms with Crippen LogP contribution in [-0.2, 0) is 0 Å². The Labute approximate surface area is 130 Å². The molecule has 2 aromatic heterocycles. The fourth-order valence-corrected chi connectivity index (χ4v) is 2.05. The molecule has 0 aliphatic rings. The Kier molecular flexibility index (Phi) is 3.72. The van der Waals surface area contributed by atoms with Crippen LogP contribution in [-0.4, -0.2) is 21.0 Å². The van der Waals surface area contributed by atoms with Crippen molar-refractivity contribution >= 4 is 40.4 Å². The van der Waals surface area contributed by atoms with Crippen LogP contribution in [0.15, 0.2) is 41.8 Å². The van der Waals surface area contributed by atoms with Crippen LogP contribution >= 0.6 is 23.2 Å². The number of halogens is 2. The van der Waals surface area contributed by atoms with Crippen molar-refractivity contribution in [1.29, 1.82) is 0 Å². The van der Waals surface area contributed by atoms with Gasteiger partial charge in [0.05, 0.1) is 15.8 Å². The first kappa shape index (κ1) is 13.8. The molecule has 0 saturated carbocycles. The second kappa shape index (κ2) is 5.67. The van der Waals surface area contributed by atoms with Gasteiger partial charge in [-0.2, -0.15) is 5.10 Å². The largest absolute Gasteiger partial charge is 0.325 e. The maximum Gasteiger partial charge on any atom is 0.325 e. The van der Waals surface area contributed by atoms with Gasteiger partial charge in [0.15, 0.2) is 5.82 Å². The fraction of sp³-hybridized carbons (Fsp3) is 0.0769. The molecule has 0 radical (unpaired) electrons. The number of nitrogens with one attached hydrogen (secondary N) is 2. The molecule has 2 N–H and O–H groups in total. The van der Waals surface area contributed by atoms with Crippen LogP contribution in [0, 0.1) is 0 Å². The summed E-state index contributed by atoms with van der Waals surface area (Å²) in [7, 11) is 0. The number of fused-ring (bicyclic) bond motifs is 1. The van der Waals surface area contributed by atoms with Crippen molar-refractivity contribution in [3.63, 3.8) is 0 Å². The summed E-state index contributed by atoms with van der Waals surface area (Å²) in [5.74, 6) is 0.605. The highest BCUT2D eigenvalue weighted by Gasteiger charge is 2.06. The van der Waals surface area contributed by atoms with Gasteiger partial charge >= 0.3 is 5.65 Å². The highest BCUT2D eigenvalue weighted by molar-refractivity contribution is 6.42. The Morgan fingerprint density at radius 3 is 2.90 bits per heavy atom. The third-order valence-corrected chi connectivity index (χ3v) is 3.61. The summed E-state index contributed by atoms with van der Waals surface area (Å²) in [5, 5.41) is 16.3. The molecular formula is C13H11Cl2N6+. The normalized spacial score (nSPS) is 11.9. The van der Waals surface area contributed by atoms with Gasteiger partial charge in [0, 0.05) is 11.2 Å². The first-order chi connectivity index (χ1) is 10.1. The molecule has 0 atom stereocenters. The molecule has 3 aromatic rings. The predicted octanol–water partition coefficient (Wildman–Crippen LogP) is 2.69. The summed E-state index contributed by atoms with van der Waals surface area (Å²) in [4.78, 5) is 0. The summed E-state index contributed by atoms with van der Waals surface area (Å²) >= 11 is 11.9. The molecule has 0 bridgehead atoms. The van der Waals surface area contributed by atoms with E-state index in [2.05, 4.69) is 25.8 Å². The number of hydrogen-bond acceptors (Lipinski definition) is 4. The van der Waals surface area contributed by atoms with Crippen LogP contribution in [0.2, 0.25) is 10.0 Å². The van der Waals surface area contributed by atoms with E-state index in [0.717, 1.165) is 16.9 Å². The molecule has 0 saturated heterocycles. The van der Waals surface area contributed by atoms with Gasteiger partial charge < -0.3 is 0 Å². The smallest absolute Gasteiger partial charge is 0.259 e. The molecular weight excluding hydrogens is 311 g/mol. The van der Waals surface area contributed by atoms with Crippen molar-refractivity contribution < 1.29 is 4.52 Å². The number of anilines is 1. The van der Waals surface area contributed by atoms with Crippen molar-refractivity contribution in [2.45, 2.75) is 6.92 Å². The average Bonchev–Trinajstić information content (AvgIpc) is 2.95. The topological polar surface area (TPSA) is 70.1 Å². The van der Waals surface area contributed by atoms with E-state index in [-0.39, 0.29) is 0 Å². The zero-order valence-electron chi connectivity index (χ0n) is 11.0. The van der Waals surface area contributed by atoms with Gasteiger partial charge in [0.1, 0.15) is 0 Å². The number of hydrazone groups is 1. The first-order valence-corrected chi connectivity index (χ1v) is 6.87. The molecule has 0 amide bonds. The van der Waals surface area contributed by atoms with Crippen LogP contribution in [0.4, 0.5) is 5.82 Å². The Morgan fingerprint density at radius 1 is 1.24 bits per heavy atom. The number of hydrogen-bond donors (Lipinski definition) is 2. The highest BCUT2D eigenvalue weighted by atomic mass is 35.5. The summed E-state index contributed by atoms with van der Waals surface area (Å²) in [6, 6.07) is 8.99. The molecule has 0 aliphatic carbocycles. The summed E-state index contributed by atoms with van der Waals surface area (Å²) in [6.07, 6.45) is 1.65. The maximum absolute atomic E-state index is 5.99. The molecule has 3 rings (SSSR count). The van der Waals surface area contributed by atoms with E-state index in [9.17, 15) is 0 Å². The number of H-pyrrole nitrogens is 1. The Morgan fingerprint density at radius 2 is 2.10 bits per heavy atom. The third-order valence-electron chi connectivity index (χ3n) is 2.88. The van der Waals surface area contributed by atoms with Gasteiger partial charge in [-0.1, -0.05) is 34.4 Å². The summed E-state index contributed by atoms with van der Waals surface area (Å²) in [6.45, 7) is 1.87. The Balaban J connectivity index is 1.82. The Bertz CT molecular complexity index is 826. The van der Waals surface area contributed by atoms with E-state index in [1.54, 1.807) is 29.0 Å². The Hall–Kier alpha value is -2.18. The summed E-state index contributed by atoms with van der Waals surface area (Å²) < 4.78 is 1.62. The molecule has 8 heteroatoms. The zero-order chi connectivity index (χ0) is 14.8. The molecule has 0 spiro atoms. The molecule has 0 fully saturated rings. The standard InChI is InChI=1S/C13H10Cl2N6/c1-8(9-2-3-10(14)11(15)6-9)17-18-12-4-5-13-19-16-7-21(13)20-12/h2-7H,1H3,(H,18,20)/p+1. The second-order valence-electron chi connectivity index (χ2n) is 4.33. The lowest BCUT2D eigenvalue weighted by atomic mass is 10.1. The molecule has 106 valence electrons. The molecule has 0 unspecified atom stereocenters. The van der Waals surface area contributed by atoms with Crippen molar-refractivity contribution in [2.24, 2.45) is 5.10 Å². The monoisotopic (exact) mass is 321 g/mol. The van der Waals surface area contributed by atoms with Crippen molar-refractivity contribution in [1.82, 2.24) is 15.3 Å². The van der Waals surface area contributed by atoms with Gasteiger partial charge in [-0.15, -0.1) is 9.61 Å². The zero-order valence-corrected chi connectivity index (χ0v) is 12.5. The van der Waals surface area contributed by atoms with Crippen LogP contribution in [0.1, 0.15) is 12.5 Å². The number of rotatable bonds is 3. The van der Waals surface area contributed by atoms with E-state index in [1.807, 2.05) is 19.1 Å².